The molecule has 0 bridgehead atoms. The first-order chi connectivity index (χ1) is 12.6. The van der Waals surface area contributed by atoms with Gasteiger partial charge in [0.25, 0.3) is 5.91 Å². The summed E-state index contributed by atoms with van der Waals surface area (Å²) in [6.07, 6.45) is 0. The monoisotopic (exact) mass is 347 g/mol. The van der Waals surface area contributed by atoms with Gasteiger partial charge in [0, 0.05) is 0 Å². The Hall–Kier alpha value is -3.27. The first-order valence-corrected chi connectivity index (χ1v) is 8.45. The molecule has 2 N–H and O–H groups in total. The molecule has 4 heteroatoms. The molecule has 4 nitrogen and oxygen atoms in total. The maximum atomic E-state index is 12.4. The van der Waals surface area contributed by atoms with Gasteiger partial charge in [-0.25, -0.2) is 0 Å². The summed E-state index contributed by atoms with van der Waals surface area (Å²) in [5, 5.41) is 12.7. The zero-order valence-corrected chi connectivity index (χ0v) is 14.6. The first kappa shape index (κ1) is 17.5. The molecular formula is C22H21NO3. The fourth-order valence-electron chi connectivity index (χ4n) is 2.69. The van der Waals surface area contributed by atoms with E-state index in [9.17, 15) is 9.90 Å². The van der Waals surface area contributed by atoms with Crippen molar-refractivity contribution in [3.8, 4) is 11.5 Å². The molecule has 0 saturated carbocycles. The molecule has 0 heterocycles. The van der Waals surface area contributed by atoms with Crippen LogP contribution >= 0.6 is 0 Å². The molecule has 0 fully saturated rings. The average Bonchev–Trinajstić information content (AvgIpc) is 2.67. The predicted molar refractivity (Wildman–Crippen MR) is 101 cm³/mol. The number of aromatic hydroxyl groups is 1. The summed E-state index contributed by atoms with van der Waals surface area (Å²) < 4.78 is 5.43. The van der Waals surface area contributed by atoms with Crippen LogP contribution in [0.5, 0.6) is 11.5 Å². The largest absolute Gasteiger partial charge is 0.504 e. The Bertz CT molecular complexity index is 860. The Morgan fingerprint density at radius 1 is 0.923 bits per heavy atom. The lowest BCUT2D eigenvalue weighted by Gasteiger charge is -2.20. The molecule has 132 valence electrons. The van der Waals surface area contributed by atoms with Gasteiger partial charge in [0.2, 0.25) is 0 Å². The minimum Gasteiger partial charge on any atom is -0.504 e. The number of hydrogen-bond acceptors (Lipinski definition) is 3. The van der Waals surface area contributed by atoms with E-state index in [4.69, 9.17) is 4.74 Å². The van der Waals surface area contributed by atoms with Crippen LogP contribution in [0.4, 0.5) is 0 Å². The lowest BCUT2D eigenvalue weighted by molar-refractivity contribution is -0.123. The maximum Gasteiger partial charge on any atom is 0.258 e. The number of carbonyl (C=O) groups is 1. The second-order valence-electron chi connectivity index (χ2n) is 6.08. The summed E-state index contributed by atoms with van der Waals surface area (Å²) in [4.78, 5) is 12.4. The van der Waals surface area contributed by atoms with Crippen molar-refractivity contribution in [3.05, 3.63) is 95.6 Å². The molecule has 0 aliphatic rings. The fraction of sp³-hybridized carbons (Fsp3) is 0.136. The van der Waals surface area contributed by atoms with Gasteiger partial charge in [0.05, 0.1) is 6.04 Å². The molecule has 1 unspecified atom stereocenters. The first-order valence-electron chi connectivity index (χ1n) is 8.45. The zero-order valence-electron chi connectivity index (χ0n) is 14.6. The predicted octanol–water partition coefficient (Wildman–Crippen LogP) is 3.99. The molecule has 1 atom stereocenters. The molecule has 3 aromatic carbocycles. The summed E-state index contributed by atoms with van der Waals surface area (Å²) in [7, 11) is 0. The second-order valence-corrected chi connectivity index (χ2v) is 6.08. The summed E-state index contributed by atoms with van der Waals surface area (Å²) in [5.41, 5.74) is 3.15. The van der Waals surface area contributed by atoms with Crippen LogP contribution in [0.15, 0.2) is 78.9 Å². The zero-order chi connectivity index (χ0) is 18.4. The van der Waals surface area contributed by atoms with Crippen LogP contribution in [0.25, 0.3) is 0 Å². The molecule has 0 aliphatic heterocycles. The van der Waals surface area contributed by atoms with Crippen LogP contribution in [0.1, 0.15) is 22.7 Å². The normalized spacial score (nSPS) is 11.6. The summed E-state index contributed by atoms with van der Waals surface area (Å²) >= 11 is 0. The Morgan fingerprint density at radius 2 is 1.54 bits per heavy atom. The van der Waals surface area contributed by atoms with E-state index in [1.54, 1.807) is 18.2 Å². The number of para-hydroxylation sites is 2. The quantitative estimate of drug-likeness (QED) is 0.709. The van der Waals surface area contributed by atoms with Crippen molar-refractivity contribution in [3.63, 3.8) is 0 Å². The van der Waals surface area contributed by atoms with E-state index < -0.39 is 0 Å². The molecular weight excluding hydrogens is 326 g/mol. The number of phenolic OH excluding ortho intramolecular Hbond substituents is 1. The van der Waals surface area contributed by atoms with E-state index in [1.807, 2.05) is 61.5 Å². The topological polar surface area (TPSA) is 58.6 Å². The van der Waals surface area contributed by atoms with E-state index >= 15 is 0 Å². The number of amides is 1. The van der Waals surface area contributed by atoms with Crippen LogP contribution in [0.3, 0.4) is 0 Å². The van der Waals surface area contributed by atoms with Gasteiger partial charge in [-0.2, -0.15) is 0 Å². The number of aryl methyl sites for hydroxylation is 1. The third-order valence-corrected chi connectivity index (χ3v) is 4.07. The Morgan fingerprint density at radius 3 is 2.23 bits per heavy atom. The van der Waals surface area contributed by atoms with Crippen molar-refractivity contribution in [2.75, 3.05) is 6.61 Å². The van der Waals surface area contributed by atoms with Gasteiger partial charge in [-0.15, -0.1) is 0 Å². The molecule has 0 radical (unpaired) electrons. The van der Waals surface area contributed by atoms with Crippen LogP contribution in [0, 0.1) is 6.92 Å². The summed E-state index contributed by atoms with van der Waals surface area (Å²) in [5.74, 6) is 0.0374. The number of carbonyl (C=O) groups excluding carboxylic acids is 1. The minimum atomic E-state index is -0.266. The Kier molecular flexibility index (Phi) is 5.54. The van der Waals surface area contributed by atoms with Gasteiger partial charge < -0.3 is 15.2 Å². The van der Waals surface area contributed by atoms with E-state index in [0.29, 0.717) is 0 Å². The smallest absolute Gasteiger partial charge is 0.258 e. The van der Waals surface area contributed by atoms with Crippen molar-refractivity contribution in [1.82, 2.24) is 5.32 Å². The van der Waals surface area contributed by atoms with Gasteiger partial charge in [-0.05, 0) is 30.2 Å². The van der Waals surface area contributed by atoms with E-state index in [1.165, 1.54) is 6.07 Å². The van der Waals surface area contributed by atoms with Crippen molar-refractivity contribution in [2.24, 2.45) is 0 Å². The van der Waals surface area contributed by atoms with Crippen molar-refractivity contribution < 1.29 is 14.6 Å². The molecule has 26 heavy (non-hydrogen) atoms. The number of ether oxygens (including phenoxy) is 1. The van der Waals surface area contributed by atoms with Crippen LogP contribution in [0.2, 0.25) is 0 Å². The number of phenols is 1. The van der Waals surface area contributed by atoms with Gasteiger partial charge in [-0.1, -0.05) is 72.3 Å². The number of hydrogen-bond donors (Lipinski definition) is 2. The highest BCUT2D eigenvalue weighted by molar-refractivity contribution is 5.78. The minimum absolute atomic E-state index is 0.0124. The highest BCUT2D eigenvalue weighted by Gasteiger charge is 2.17. The van der Waals surface area contributed by atoms with Crippen molar-refractivity contribution in [2.45, 2.75) is 13.0 Å². The number of nitrogens with one attached hydrogen (secondary N) is 1. The average molecular weight is 347 g/mol. The standard InChI is InChI=1S/C22H21NO3/c1-16-11-13-18(14-12-16)22(17-7-3-2-4-8-17)23-21(25)15-26-20-10-6-5-9-19(20)24/h2-14,22,24H,15H2,1H3,(H,23,25). The molecule has 0 aromatic heterocycles. The highest BCUT2D eigenvalue weighted by atomic mass is 16.5. The maximum absolute atomic E-state index is 12.4. The number of benzene rings is 3. The second kappa shape index (κ2) is 8.21. The van der Waals surface area contributed by atoms with Gasteiger partial charge >= 0.3 is 0 Å². The van der Waals surface area contributed by atoms with Gasteiger partial charge in [0.15, 0.2) is 18.1 Å². The van der Waals surface area contributed by atoms with Crippen LogP contribution < -0.4 is 10.1 Å². The third kappa shape index (κ3) is 4.42. The lowest BCUT2D eigenvalue weighted by atomic mass is 9.98. The van der Waals surface area contributed by atoms with E-state index in [-0.39, 0.29) is 30.1 Å². The molecule has 0 saturated heterocycles. The van der Waals surface area contributed by atoms with E-state index in [2.05, 4.69) is 5.32 Å². The van der Waals surface area contributed by atoms with Crippen molar-refractivity contribution in [1.29, 1.82) is 0 Å². The third-order valence-electron chi connectivity index (χ3n) is 4.07. The molecule has 3 rings (SSSR count). The molecule has 1 amide bonds. The number of rotatable bonds is 6. The van der Waals surface area contributed by atoms with Crippen LogP contribution in [-0.2, 0) is 4.79 Å². The summed E-state index contributed by atoms with van der Waals surface area (Å²) in [6.45, 7) is 1.85. The lowest BCUT2D eigenvalue weighted by Crippen LogP contribution is -2.33. The highest BCUT2D eigenvalue weighted by Crippen LogP contribution is 2.25. The molecule has 0 spiro atoms. The molecule has 3 aromatic rings. The Balaban J connectivity index is 1.74. The summed E-state index contributed by atoms with van der Waals surface area (Å²) in [6, 6.07) is 24.2. The molecule has 0 aliphatic carbocycles. The SMILES string of the molecule is Cc1ccc(C(NC(=O)COc2ccccc2O)c2ccccc2)cc1. The van der Waals surface area contributed by atoms with Crippen LogP contribution in [-0.4, -0.2) is 17.6 Å². The van der Waals surface area contributed by atoms with Gasteiger partial charge in [0.1, 0.15) is 0 Å². The van der Waals surface area contributed by atoms with Crippen molar-refractivity contribution >= 4 is 5.91 Å². The Labute approximate surface area is 153 Å². The van der Waals surface area contributed by atoms with E-state index in [0.717, 1.165) is 16.7 Å². The van der Waals surface area contributed by atoms with Gasteiger partial charge in [-0.3, -0.25) is 4.79 Å². The fourth-order valence-corrected chi connectivity index (χ4v) is 2.69.